The fourth-order valence-corrected chi connectivity index (χ4v) is 1.33. The number of nitrogens with zero attached hydrogens (tertiary/aromatic N) is 1. The minimum absolute atomic E-state index is 0.406. The zero-order chi connectivity index (χ0) is 9.80. The van der Waals surface area contributed by atoms with Crippen molar-refractivity contribution in [1.82, 2.24) is 4.98 Å². The molecule has 0 amide bonds. The highest BCUT2D eigenvalue weighted by molar-refractivity contribution is 5.62. The fourth-order valence-electron chi connectivity index (χ4n) is 1.33. The van der Waals surface area contributed by atoms with Gasteiger partial charge in [-0.3, -0.25) is 4.98 Å². The van der Waals surface area contributed by atoms with Crippen molar-refractivity contribution in [3.63, 3.8) is 0 Å². The summed E-state index contributed by atoms with van der Waals surface area (Å²) in [4.78, 5) is 3.94. The Balaban J connectivity index is 2.34. The number of pyridine rings is 1. The van der Waals surface area contributed by atoms with Gasteiger partial charge in [0.05, 0.1) is 0 Å². The summed E-state index contributed by atoms with van der Waals surface area (Å²) in [6.07, 6.45) is 3.50. The van der Waals surface area contributed by atoms with Crippen LogP contribution in [0.3, 0.4) is 0 Å². The second-order valence-electron chi connectivity index (χ2n) is 3.07. The van der Waals surface area contributed by atoms with Gasteiger partial charge < -0.3 is 0 Å². The first-order chi connectivity index (χ1) is 6.90. The standard InChI is InChI=1S/C12H10FN/c13-9-10-1-3-11(4-2-10)12-5-7-14-8-6-12/h1-8H,9H2. The van der Waals surface area contributed by atoms with Crippen LogP contribution in [0.5, 0.6) is 0 Å². The Morgan fingerprint density at radius 1 is 0.857 bits per heavy atom. The van der Waals surface area contributed by atoms with Crippen LogP contribution >= 0.6 is 0 Å². The van der Waals surface area contributed by atoms with Crippen molar-refractivity contribution in [2.75, 3.05) is 0 Å². The molecule has 1 aromatic carbocycles. The van der Waals surface area contributed by atoms with Gasteiger partial charge in [0, 0.05) is 12.4 Å². The topological polar surface area (TPSA) is 12.9 Å². The average Bonchev–Trinajstić information content (AvgIpc) is 2.30. The van der Waals surface area contributed by atoms with Crippen molar-refractivity contribution in [2.45, 2.75) is 6.67 Å². The molecule has 2 rings (SSSR count). The van der Waals surface area contributed by atoms with Gasteiger partial charge in [-0.15, -0.1) is 0 Å². The van der Waals surface area contributed by atoms with Crippen molar-refractivity contribution >= 4 is 0 Å². The summed E-state index contributed by atoms with van der Waals surface area (Å²) >= 11 is 0. The molecule has 0 aliphatic carbocycles. The first-order valence-corrected chi connectivity index (χ1v) is 4.45. The number of halogens is 1. The van der Waals surface area contributed by atoms with E-state index < -0.39 is 6.67 Å². The normalized spacial score (nSPS) is 10.1. The van der Waals surface area contributed by atoms with E-state index >= 15 is 0 Å². The first-order valence-electron chi connectivity index (χ1n) is 4.45. The Morgan fingerprint density at radius 2 is 1.43 bits per heavy atom. The van der Waals surface area contributed by atoms with E-state index in [1.54, 1.807) is 24.5 Å². The largest absolute Gasteiger partial charge is 0.265 e. The zero-order valence-corrected chi connectivity index (χ0v) is 7.65. The van der Waals surface area contributed by atoms with Gasteiger partial charge in [0.25, 0.3) is 0 Å². The van der Waals surface area contributed by atoms with E-state index in [9.17, 15) is 4.39 Å². The Bertz CT molecular complexity index is 394. The van der Waals surface area contributed by atoms with Gasteiger partial charge in [-0.2, -0.15) is 0 Å². The maximum absolute atomic E-state index is 12.2. The van der Waals surface area contributed by atoms with Gasteiger partial charge in [-0.25, -0.2) is 4.39 Å². The molecule has 1 heterocycles. The molecule has 70 valence electrons. The number of aromatic nitrogens is 1. The Kier molecular flexibility index (Phi) is 2.54. The Morgan fingerprint density at radius 3 is 2.00 bits per heavy atom. The predicted molar refractivity (Wildman–Crippen MR) is 54.5 cm³/mol. The molecular formula is C12H10FN. The third-order valence-electron chi connectivity index (χ3n) is 2.12. The minimum Gasteiger partial charge on any atom is -0.265 e. The molecule has 2 heteroatoms. The monoisotopic (exact) mass is 187 g/mol. The van der Waals surface area contributed by atoms with Crippen molar-refractivity contribution in [1.29, 1.82) is 0 Å². The van der Waals surface area contributed by atoms with Gasteiger partial charge in [-0.05, 0) is 28.8 Å². The van der Waals surface area contributed by atoms with Crippen molar-refractivity contribution in [3.05, 3.63) is 54.4 Å². The first kappa shape index (κ1) is 8.88. The number of benzene rings is 1. The van der Waals surface area contributed by atoms with E-state index in [1.165, 1.54) is 0 Å². The van der Waals surface area contributed by atoms with E-state index in [0.29, 0.717) is 5.56 Å². The molecule has 0 aliphatic rings. The van der Waals surface area contributed by atoms with Crippen LogP contribution in [0.1, 0.15) is 5.56 Å². The van der Waals surface area contributed by atoms with Gasteiger partial charge >= 0.3 is 0 Å². The molecule has 0 bridgehead atoms. The van der Waals surface area contributed by atoms with Crippen LogP contribution < -0.4 is 0 Å². The van der Waals surface area contributed by atoms with E-state index in [2.05, 4.69) is 4.98 Å². The van der Waals surface area contributed by atoms with Gasteiger partial charge in [0.1, 0.15) is 6.67 Å². The van der Waals surface area contributed by atoms with E-state index in [0.717, 1.165) is 11.1 Å². The molecule has 0 saturated carbocycles. The molecule has 1 nitrogen and oxygen atoms in total. The molecule has 0 N–H and O–H groups in total. The lowest BCUT2D eigenvalue weighted by atomic mass is 10.1. The third-order valence-corrected chi connectivity index (χ3v) is 2.12. The van der Waals surface area contributed by atoms with Crippen molar-refractivity contribution in [2.24, 2.45) is 0 Å². The van der Waals surface area contributed by atoms with Crippen LogP contribution in [0.15, 0.2) is 48.8 Å². The lowest BCUT2D eigenvalue weighted by molar-refractivity contribution is 0.485. The second kappa shape index (κ2) is 4.01. The zero-order valence-electron chi connectivity index (χ0n) is 7.65. The SMILES string of the molecule is FCc1ccc(-c2ccncc2)cc1. The van der Waals surface area contributed by atoms with E-state index in [-0.39, 0.29) is 0 Å². The lowest BCUT2D eigenvalue weighted by Crippen LogP contribution is -1.80. The number of hydrogen-bond donors (Lipinski definition) is 0. The molecule has 14 heavy (non-hydrogen) atoms. The fraction of sp³-hybridized carbons (Fsp3) is 0.0833. The maximum atomic E-state index is 12.2. The molecule has 0 radical (unpaired) electrons. The molecule has 0 fully saturated rings. The smallest absolute Gasteiger partial charge is 0.115 e. The van der Waals surface area contributed by atoms with Crippen LogP contribution in [-0.4, -0.2) is 4.98 Å². The minimum atomic E-state index is -0.406. The molecular weight excluding hydrogens is 177 g/mol. The molecule has 0 atom stereocenters. The van der Waals surface area contributed by atoms with Crippen LogP contribution in [0.4, 0.5) is 4.39 Å². The third kappa shape index (κ3) is 1.79. The van der Waals surface area contributed by atoms with E-state index in [4.69, 9.17) is 0 Å². The summed E-state index contributed by atoms with van der Waals surface area (Å²) in [5.41, 5.74) is 2.90. The van der Waals surface area contributed by atoms with Crippen molar-refractivity contribution < 1.29 is 4.39 Å². The van der Waals surface area contributed by atoms with E-state index in [1.807, 2.05) is 24.3 Å². The predicted octanol–water partition coefficient (Wildman–Crippen LogP) is 3.22. The highest BCUT2D eigenvalue weighted by Gasteiger charge is 1.96. The molecule has 2 aromatic rings. The Hall–Kier alpha value is -1.70. The number of rotatable bonds is 2. The van der Waals surface area contributed by atoms with Crippen LogP contribution in [0.25, 0.3) is 11.1 Å². The van der Waals surface area contributed by atoms with Crippen molar-refractivity contribution in [3.8, 4) is 11.1 Å². The van der Waals surface area contributed by atoms with Crippen LogP contribution in [-0.2, 0) is 6.67 Å². The van der Waals surface area contributed by atoms with Crippen LogP contribution in [0.2, 0.25) is 0 Å². The number of alkyl halides is 1. The number of hydrogen-bond acceptors (Lipinski definition) is 1. The van der Waals surface area contributed by atoms with Gasteiger partial charge in [0.15, 0.2) is 0 Å². The van der Waals surface area contributed by atoms with Gasteiger partial charge in [0.2, 0.25) is 0 Å². The molecule has 0 aliphatic heterocycles. The molecule has 0 saturated heterocycles. The highest BCUT2D eigenvalue weighted by atomic mass is 19.1. The van der Waals surface area contributed by atoms with Gasteiger partial charge in [-0.1, -0.05) is 24.3 Å². The maximum Gasteiger partial charge on any atom is 0.115 e. The molecule has 0 unspecified atom stereocenters. The average molecular weight is 187 g/mol. The molecule has 1 aromatic heterocycles. The molecule has 0 spiro atoms. The summed E-state index contributed by atoms with van der Waals surface area (Å²) < 4.78 is 12.2. The Labute approximate surface area is 82.2 Å². The van der Waals surface area contributed by atoms with Crippen LogP contribution in [0, 0.1) is 0 Å². The second-order valence-corrected chi connectivity index (χ2v) is 3.07. The summed E-state index contributed by atoms with van der Waals surface area (Å²) in [5, 5.41) is 0. The quantitative estimate of drug-likeness (QED) is 0.703. The highest BCUT2D eigenvalue weighted by Crippen LogP contribution is 2.18. The summed E-state index contributed by atoms with van der Waals surface area (Å²) in [5.74, 6) is 0. The summed E-state index contributed by atoms with van der Waals surface area (Å²) in [6, 6.07) is 11.3. The summed E-state index contributed by atoms with van der Waals surface area (Å²) in [6.45, 7) is -0.406. The lowest BCUT2D eigenvalue weighted by Gasteiger charge is -2.01. The summed E-state index contributed by atoms with van der Waals surface area (Å²) in [7, 11) is 0.